The highest BCUT2D eigenvalue weighted by molar-refractivity contribution is 5.97. The lowest BCUT2D eigenvalue weighted by molar-refractivity contribution is -0.150. The molecule has 0 atom stereocenters. The van der Waals surface area contributed by atoms with Gasteiger partial charge in [-0.05, 0) is 38.5 Å². The number of nitriles is 1. The smallest absolute Gasteiger partial charge is 0.309 e. The second-order valence-electron chi connectivity index (χ2n) is 6.69. The van der Waals surface area contributed by atoms with E-state index in [-0.39, 0.29) is 23.4 Å². The van der Waals surface area contributed by atoms with Gasteiger partial charge in [-0.15, -0.1) is 0 Å². The zero-order chi connectivity index (χ0) is 17.5. The molecule has 6 nitrogen and oxygen atoms in total. The van der Waals surface area contributed by atoms with Crippen LogP contribution in [0.4, 0.5) is 0 Å². The maximum atomic E-state index is 12.6. The summed E-state index contributed by atoms with van der Waals surface area (Å²) in [5, 5.41) is 9.35. The Morgan fingerprint density at radius 3 is 2.33 bits per heavy atom. The summed E-state index contributed by atoms with van der Waals surface area (Å²) in [7, 11) is 0. The monoisotopic (exact) mass is 333 g/mol. The summed E-state index contributed by atoms with van der Waals surface area (Å²) >= 11 is 0. The molecule has 2 fully saturated rings. The number of likely N-dealkylation sites (tertiary alicyclic amines) is 2. The van der Waals surface area contributed by atoms with Crippen LogP contribution in [0, 0.1) is 23.2 Å². The molecule has 2 aliphatic rings. The number of hydrogen-bond donors (Lipinski definition) is 0. The zero-order valence-electron chi connectivity index (χ0n) is 14.7. The number of piperidine rings is 2. The first kappa shape index (κ1) is 18.3. The van der Waals surface area contributed by atoms with Crippen molar-refractivity contribution in [1.82, 2.24) is 9.80 Å². The summed E-state index contributed by atoms with van der Waals surface area (Å²) in [5.74, 6) is 0.173. The molecule has 0 spiro atoms. The van der Waals surface area contributed by atoms with Crippen LogP contribution in [0.25, 0.3) is 0 Å². The molecule has 0 aromatic rings. The lowest BCUT2D eigenvalue weighted by atomic mass is 9.96. The van der Waals surface area contributed by atoms with Crippen molar-refractivity contribution < 1.29 is 14.3 Å². The highest BCUT2D eigenvalue weighted by atomic mass is 16.5. The molecule has 6 heteroatoms. The van der Waals surface area contributed by atoms with Crippen molar-refractivity contribution in [3.05, 3.63) is 11.8 Å². The lowest BCUT2D eigenvalue weighted by Gasteiger charge is -2.32. The molecule has 2 aliphatic heterocycles. The van der Waals surface area contributed by atoms with Crippen LogP contribution in [-0.4, -0.2) is 54.5 Å². The number of carbonyl (C=O) groups excluding carboxylic acids is 2. The second-order valence-corrected chi connectivity index (χ2v) is 6.69. The molecule has 24 heavy (non-hydrogen) atoms. The number of hydrogen-bond acceptors (Lipinski definition) is 5. The van der Waals surface area contributed by atoms with E-state index in [1.807, 2.05) is 6.07 Å². The van der Waals surface area contributed by atoms with Crippen LogP contribution >= 0.6 is 0 Å². The Bertz CT molecular complexity index is 522. The molecular formula is C18H27N3O3. The number of amides is 1. The van der Waals surface area contributed by atoms with E-state index in [9.17, 15) is 14.9 Å². The molecule has 0 saturated carbocycles. The fourth-order valence-corrected chi connectivity index (χ4v) is 3.22. The SMILES string of the molecule is CCOC(=O)C1CCN(C(=O)/C(C#N)=C\N2CCC(C)CC2)CC1. The topological polar surface area (TPSA) is 73.6 Å². The Morgan fingerprint density at radius 2 is 1.79 bits per heavy atom. The van der Waals surface area contributed by atoms with Crippen molar-refractivity contribution >= 4 is 11.9 Å². The maximum absolute atomic E-state index is 12.6. The number of carbonyl (C=O) groups is 2. The summed E-state index contributed by atoms with van der Waals surface area (Å²) in [6, 6.07) is 2.05. The molecule has 1 amide bonds. The average molecular weight is 333 g/mol. The summed E-state index contributed by atoms with van der Waals surface area (Å²) in [6.07, 6.45) is 5.10. The minimum atomic E-state index is -0.224. The lowest BCUT2D eigenvalue weighted by Crippen LogP contribution is -2.41. The molecule has 0 bridgehead atoms. The minimum absolute atomic E-state index is 0.132. The van der Waals surface area contributed by atoms with Crippen LogP contribution in [0.5, 0.6) is 0 Å². The van der Waals surface area contributed by atoms with Gasteiger partial charge in [0, 0.05) is 32.4 Å². The van der Waals surface area contributed by atoms with Gasteiger partial charge in [0.15, 0.2) is 0 Å². The molecule has 132 valence electrons. The number of rotatable bonds is 4. The Hall–Kier alpha value is -2.03. The van der Waals surface area contributed by atoms with Crippen LogP contribution in [0.15, 0.2) is 11.8 Å². The Morgan fingerprint density at radius 1 is 1.17 bits per heavy atom. The van der Waals surface area contributed by atoms with Gasteiger partial charge in [-0.3, -0.25) is 9.59 Å². The Kier molecular flexibility index (Phi) is 6.65. The summed E-state index contributed by atoms with van der Waals surface area (Å²) in [6.45, 7) is 7.19. The van der Waals surface area contributed by atoms with E-state index >= 15 is 0 Å². The number of ether oxygens (including phenoxy) is 1. The third kappa shape index (κ3) is 4.73. The van der Waals surface area contributed by atoms with Crippen LogP contribution in [0.3, 0.4) is 0 Å². The Labute approximate surface area is 144 Å². The van der Waals surface area contributed by atoms with Crippen LogP contribution < -0.4 is 0 Å². The molecule has 0 N–H and O–H groups in total. The van der Waals surface area contributed by atoms with Crippen LogP contribution in [0.1, 0.15) is 39.5 Å². The molecule has 2 saturated heterocycles. The summed E-state index contributed by atoms with van der Waals surface area (Å²) < 4.78 is 5.04. The van der Waals surface area contributed by atoms with Crippen molar-refractivity contribution in [2.24, 2.45) is 11.8 Å². The predicted octanol–water partition coefficient (Wildman–Crippen LogP) is 1.93. The quantitative estimate of drug-likeness (QED) is 0.446. The number of nitrogens with zero attached hydrogens (tertiary/aromatic N) is 3. The van der Waals surface area contributed by atoms with E-state index < -0.39 is 0 Å². The normalized spacial score (nSPS) is 20.6. The zero-order valence-corrected chi connectivity index (χ0v) is 14.7. The molecule has 2 rings (SSSR count). The van der Waals surface area contributed by atoms with Gasteiger partial charge in [-0.2, -0.15) is 5.26 Å². The van der Waals surface area contributed by atoms with E-state index in [4.69, 9.17) is 4.74 Å². The van der Waals surface area contributed by atoms with E-state index in [0.29, 0.717) is 38.5 Å². The molecule has 0 aromatic carbocycles. The van der Waals surface area contributed by atoms with E-state index in [1.54, 1.807) is 18.0 Å². The van der Waals surface area contributed by atoms with Crippen molar-refractivity contribution in [2.75, 3.05) is 32.8 Å². The van der Waals surface area contributed by atoms with E-state index in [0.717, 1.165) is 25.9 Å². The first-order valence-electron chi connectivity index (χ1n) is 8.87. The van der Waals surface area contributed by atoms with Gasteiger partial charge in [0.05, 0.1) is 12.5 Å². The third-order valence-corrected chi connectivity index (χ3v) is 4.88. The number of esters is 1. The van der Waals surface area contributed by atoms with Gasteiger partial charge in [-0.1, -0.05) is 6.92 Å². The fraction of sp³-hybridized carbons (Fsp3) is 0.722. The molecule has 0 aliphatic carbocycles. The molecule has 2 heterocycles. The average Bonchev–Trinajstić information content (AvgIpc) is 2.61. The van der Waals surface area contributed by atoms with Gasteiger partial charge in [0.25, 0.3) is 5.91 Å². The molecular weight excluding hydrogens is 306 g/mol. The van der Waals surface area contributed by atoms with Gasteiger partial charge < -0.3 is 14.5 Å². The summed E-state index contributed by atoms with van der Waals surface area (Å²) in [4.78, 5) is 28.1. The van der Waals surface area contributed by atoms with Gasteiger partial charge in [0.2, 0.25) is 0 Å². The van der Waals surface area contributed by atoms with Gasteiger partial charge >= 0.3 is 5.97 Å². The standard InChI is InChI=1S/C18H27N3O3/c1-3-24-18(23)15-6-10-21(11-7-15)17(22)16(12-19)13-20-8-4-14(2)5-9-20/h13-15H,3-11H2,1-2H3/b16-13-. The predicted molar refractivity (Wildman–Crippen MR) is 89.6 cm³/mol. The second kappa shape index (κ2) is 8.72. The molecule has 0 unspecified atom stereocenters. The van der Waals surface area contributed by atoms with Crippen molar-refractivity contribution in [3.8, 4) is 6.07 Å². The Balaban J connectivity index is 1.91. The highest BCUT2D eigenvalue weighted by Gasteiger charge is 2.29. The van der Waals surface area contributed by atoms with Crippen molar-refractivity contribution in [3.63, 3.8) is 0 Å². The fourth-order valence-electron chi connectivity index (χ4n) is 3.22. The van der Waals surface area contributed by atoms with Crippen molar-refractivity contribution in [2.45, 2.75) is 39.5 Å². The van der Waals surface area contributed by atoms with E-state index in [2.05, 4.69) is 11.8 Å². The molecule has 0 aromatic heterocycles. The van der Waals surface area contributed by atoms with E-state index in [1.165, 1.54) is 0 Å². The van der Waals surface area contributed by atoms with Crippen molar-refractivity contribution in [1.29, 1.82) is 5.26 Å². The van der Waals surface area contributed by atoms with Crippen LogP contribution in [0.2, 0.25) is 0 Å². The minimum Gasteiger partial charge on any atom is -0.466 e. The highest BCUT2D eigenvalue weighted by Crippen LogP contribution is 2.21. The first-order chi connectivity index (χ1) is 11.5. The van der Waals surface area contributed by atoms with Crippen LogP contribution in [-0.2, 0) is 14.3 Å². The third-order valence-electron chi connectivity index (χ3n) is 4.88. The summed E-state index contributed by atoms with van der Waals surface area (Å²) in [5.41, 5.74) is 0.194. The maximum Gasteiger partial charge on any atom is 0.309 e. The van der Waals surface area contributed by atoms with Gasteiger partial charge in [0.1, 0.15) is 11.6 Å². The van der Waals surface area contributed by atoms with Gasteiger partial charge in [-0.25, -0.2) is 0 Å². The molecule has 0 radical (unpaired) electrons. The largest absolute Gasteiger partial charge is 0.466 e. The first-order valence-corrected chi connectivity index (χ1v) is 8.87.